The van der Waals surface area contributed by atoms with Crippen molar-refractivity contribution >= 4 is 61.7 Å². The normalized spacial score (nSPS) is 12.2. The van der Waals surface area contributed by atoms with E-state index >= 15 is 0 Å². The topological polar surface area (TPSA) is 125 Å². The van der Waals surface area contributed by atoms with Gasteiger partial charge in [0.1, 0.15) is 75.9 Å². The van der Waals surface area contributed by atoms with E-state index in [0.29, 0.717) is 29.5 Å². The van der Waals surface area contributed by atoms with Crippen molar-refractivity contribution in [3.8, 4) is 45.3 Å². The lowest BCUT2D eigenvalue weighted by Crippen LogP contribution is -2.28. The van der Waals surface area contributed by atoms with Crippen molar-refractivity contribution in [1.82, 2.24) is 0 Å². The maximum absolute atomic E-state index is 12.8. The molecule has 0 heterocycles. The Morgan fingerprint density at radius 1 is 0.408 bits per heavy atom. The van der Waals surface area contributed by atoms with E-state index in [4.69, 9.17) is 37.9 Å². The molecule has 1 aliphatic rings. The van der Waals surface area contributed by atoms with Crippen molar-refractivity contribution in [2.45, 2.75) is 12.3 Å². The van der Waals surface area contributed by atoms with Gasteiger partial charge in [0, 0.05) is 18.1 Å². The van der Waals surface area contributed by atoms with Crippen LogP contribution in [-0.4, -0.2) is 71.5 Å². The molecule has 0 spiro atoms. The Hall–Kier alpha value is -9.35. The molecule has 0 N–H and O–H groups in total. The monoisotopic (exact) mass is 1010 g/mol. The Labute approximate surface area is 439 Å². The first-order valence-corrected chi connectivity index (χ1v) is 25.2. The van der Waals surface area contributed by atoms with Crippen molar-refractivity contribution < 1.29 is 52.3 Å². The van der Waals surface area contributed by atoms with Gasteiger partial charge in [-0.05, 0) is 125 Å². The molecular formula is C65H52O11. The van der Waals surface area contributed by atoms with E-state index in [1.165, 1.54) is 29.2 Å². The molecule has 0 saturated carbocycles. The second-order valence-corrected chi connectivity index (χ2v) is 18.3. The van der Waals surface area contributed by atoms with Crippen LogP contribution >= 0.6 is 0 Å². The number of carbonyl (C=O) groups excluding carboxylic acids is 3. The largest absolute Gasteiger partial charge is 0.508 e. The number of benzene rings is 10. The lowest BCUT2D eigenvalue weighted by Gasteiger charge is -2.34. The molecule has 0 atom stereocenters. The van der Waals surface area contributed by atoms with Crippen molar-refractivity contribution in [2.75, 3.05) is 52.9 Å². The first kappa shape index (κ1) is 48.9. The molecule has 10 aromatic carbocycles. The summed E-state index contributed by atoms with van der Waals surface area (Å²) < 4.78 is 45.3. The van der Waals surface area contributed by atoms with Crippen LogP contribution in [0.1, 0.15) is 29.2 Å². The molecule has 0 radical (unpaired) electrons. The van der Waals surface area contributed by atoms with Gasteiger partial charge >= 0.3 is 12.1 Å². The van der Waals surface area contributed by atoms with Gasteiger partial charge < -0.3 is 37.9 Å². The zero-order valence-electron chi connectivity index (χ0n) is 41.7. The number of hydrogen-bond donors (Lipinski definition) is 0. The summed E-state index contributed by atoms with van der Waals surface area (Å²) in [6, 6.07) is 66.5. The van der Waals surface area contributed by atoms with E-state index in [1.807, 2.05) is 97.1 Å². The molecule has 76 heavy (non-hydrogen) atoms. The quantitative estimate of drug-likeness (QED) is 0.0313. The molecular weight excluding hydrogens is 957 g/mol. The summed E-state index contributed by atoms with van der Waals surface area (Å²) >= 11 is 0. The first-order chi connectivity index (χ1) is 37.4. The number of hydrogen-bond acceptors (Lipinski definition) is 11. The predicted molar refractivity (Wildman–Crippen MR) is 294 cm³/mol. The van der Waals surface area contributed by atoms with Crippen LogP contribution < -0.4 is 18.9 Å². The first-order valence-electron chi connectivity index (χ1n) is 25.2. The summed E-state index contributed by atoms with van der Waals surface area (Å²) in [6.07, 6.45) is -0.832. The van der Waals surface area contributed by atoms with Gasteiger partial charge in [-0.25, -0.2) is 4.79 Å². The van der Waals surface area contributed by atoms with Crippen LogP contribution in [0, 0.1) is 0 Å². The van der Waals surface area contributed by atoms with E-state index in [2.05, 4.69) is 97.1 Å². The highest BCUT2D eigenvalue weighted by molar-refractivity contribution is 6.10. The smallest absolute Gasteiger partial charge is 0.490 e. The van der Waals surface area contributed by atoms with E-state index in [-0.39, 0.29) is 58.8 Å². The summed E-state index contributed by atoms with van der Waals surface area (Å²) in [5, 5.41) is 8.10. The van der Waals surface area contributed by atoms with E-state index < -0.39 is 11.6 Å². The minimum absolute atomic E-state index is 0.0231. The molecule has 11 rings (SSSR count). The number of fused-ring (bicyclic) bond motifs is 7. The zero-order valence-corrected chi connectivity index (χ0v) is 41.7. The number of esters is 1. The van der Waals surface area contributed by atoms with Gasteiger partial charge in [-0.3, -0.25) is 9.59 Å². The van der Waals surface area contributed by atoms with Crippen molar-refractivity contribution in [1.29, 1.82) is 0 Å². The van der Waals surface area contributed by atoms with Gasteiger partial charge in [-0.2, -0.15) is 0 Å². The van der Waals surface area contributed by atoms with Crippen LogP contribution in [0.15, 0.2) is 194 Å². The predicted octanol–water partition coefficient (Wildman–Crippen LogP) is 13.4. The average molecular weight is 1010 g/mol. The highest BCUT2D eigenvalue weighted by atomic mass is 16.7. The number of carbonyl (C=O) groups is 3. The fraction of sp³-hybridized carbons (Fsp3) is 0.154. The Morgan fingerprint density at radius 2 is 0.829 bits per heavy atom. The Kier molecular flexibility index (Phi) is 14.2. The number of ether oxygens (including phenoxy) is 8. The Bertz CT molecular complexity index is 3740. The molecule has 0 bridgehead atoms. The van der Waals surface area contributed by atoms with Gasteiger partial charge in [-0.15, -0.1) is 0 Å². The molecule has 0 fully saturated rings. The molecule has 1 aliphatic carbocycles. The van der Waals surface area contributed by atoms with Gasteiger partial charge in [0.2, 0.25) is 0 Å². The van der Waals surface area contributed by atoms with Crippen LogP contribution in [0.5, 0.6) is 23.0 Å². The van der Waals surface area contributed by atoms with Gasteiger partial charge in [-0.1, -0.05) is 146 Å². The standard InChI is InChI=1S/C65H52O11/c1-43(67)70-32-33-71-52-26-20-46-38-50(24-18-48(46)40-52)65(58-16-8-6-14-56(58)57-15-7-9-17-59(57)65)51-25-19-49-41-53(27-21-47(49)39-51)72-34-36-75-64(68)76-37-35-74-61-29-23-45-11-3-5-13-55(45)63(61)62-54-12-4-2-10-44(54)22-28-60(62)73-31-30-69-42-66/h2-29,38-42H,30-37H2,1H3. The van der Waals surface area contributed by atoms with Crippen molar-refractivity contribution in [3.05, 3.63) is 216 Å². The van der Waals surface area contributed by atoms with Crippen LogP contribution in [0.2, 0.25) is 0 Å². The molecule has 0 unspecified atom stereocenters. The van der Waals surface area contributed by atoms with Crippen LogP contribution in [0.4, 0.5) is 4.79 Å². The molecule has 10 aromatic rings. The third-order valence-electron chi connectivity index (χ3n) is 13.8. The van der Waals surface area contributed by atoms with E-state index in [1.54, 1.807) is 0 Å². The molecule has 0 saturated heterocycles. The molecule has 378 valence electrons. The maximum atomic E-state index is 12.8. The molecule has 0 aliphatic heterocycles. The molecule has 0 aromatic heterocycles. The fourth-order valence-electron chi connectivity index (χ4n) is 10.6. The third kappa shape index (κ3) is 9.78. The lowest BCUT2D eigenvalue weighted by molar-refractivity contribution is -0.141. The van der Waals surface area contributed by atoms with Crippen LogP contribution in [0.3, 0.4) is 0 Å². The van der Waals surface area contributed by atoms with E-state index in [9.17, 15) is 14.4 Å². The average Bonchev–Trinajstić information content (AvgIpc) is 4.01. The summed E-state index contributed by atoms with van der Waals surface area (Å²) in [7, 11) is 0. The lowest BCUT2D eigenvalue weighted by atomic mass is 9.67. The molecule has 0 amide bonds. The highest BCUT2D eigenvalue weighted by Crippen LogP contribution is 2.56. The summed E-state index contributed by atoms with van der Waals surface area (Å²) in [5.41, 5.74) is 8.14. The number of rotatable bonds is 20. The van der Waals surface area contributed by atoms with Gasteiger partial charge in [0.25, 0.3) is 6.47 Å². The second-order valence-electron chi connectivity index (χ2n) is 18.3. The maximum Gasteiger partial charge on any atom is 0.508 e. The van der Waals surface area contributed by atoms with Crippen LogP contribution in [0.25, 0.3) is 65.3 Å². The minimum atomic E-state index is -0.832. The SMILES string of the molecule is CC(=O)OCCOc1ccc2cc(C3(c4ccc5cc(OCCOC(=O)OCCOc6ccc7ccccc7c6-c6c(OCCOC=O)ccc7ccccc67)ccc5c4)c4ccccc4-c4ccccc43)ccc2c1. The fourth-order valence-corrected chi connectivity index (χ4v) is 10.6. The minimum Gasteiger partial charge on any atom is -0.490 e. The van der Waals surface area contributed by atoms with Crippen LogP contribution in [-0.2, 0) is 34.0 Å². The third-order valence-corrected chi connectivity index (χ3v) is 13.8. The Morgan fingerprint density at radius 3 is 1.34 bits per heavy atom. The van der Waals surface area contributed by atoms with E-state index in [0.717, 1.165) is 65.3 Å². The second kappa shape index (κ2) is 22.0. The van der Waals surface area contributed by atoms with Gasteiger partial charge in [0.05, 0.1) is 5.41 Å². The van der Waals surface area contributed by atoms with Crippen molar-refractivity contribution in [2.24, 2.45) is 0 Å². The zero-order chi connectivity index (χ0) is 51.8. The van der Waals surface area contributed by atoms with Gasteiger partial charge in [0.15, 0.2) is 0 Å². The summed E-state index contributed by atoms with van der Waals surface area (Å²) in [5.74, 6) is 2.20. The van der Waals surface area contributed by atoms with Crippen molar-refractivity contribution in [3.63, 3.8) is 0 Å². The summed E-state index contributed by atoms with van der Waals surface area (Å²) in [6.45, 7) is 2.61. The highest BCUT2D eigenvalue weighted by Gasteiger charge is 2.46. The summed E-state index contributed by atoms with van der Waals surface area (Å²) in [4.78, 5) is 34.8. The Balaban J connectivity index is 0.757. The molecule has 11 heteroatoms. The molecule has 11 nitrogen and oxygen atoms in total.